The van der Waals surface area contributed by atoms with Crippen molar-refractivity contribution in [2.24, 2.45) is 0 Å². The fourth-order valence-electron chi connectivity index (χ4n) is 1.56. The molecule has 1 rings (SSSR count). The summed E-state index contributed by atoms with van der Waals surface area (Å²) in [6.07, 6.45) is 0. The first-order valence-electron chi connectivity index (χ1n) is 6.12. The molecule has 110 valence electrons. The van der Waals surface area contributed by atoms with Gasteiger partial charge in [0.1, 0.15) is 11.7 Å². The number of anilines is 1. The molecule has 1 aromatic rings. The third-order valence-corrected chi connectivity index (χ3v) is 2.65. The highest BCUT2D eigenvalue weighted by Crippen LogP contribution is 2.28. The first-order valence-corrected chi connectivity index (χ1v) is 6.50. The van der Waals surface area contributed by atoms with E-state index in [1.807, 2.05) is 20.8 Å². The highest BCUT2D eigenvalue weighted by Gasteiger charge is 2.22. The Balaban J connectivity index is 2.90. The Kier molecular flexibility index (Phi) is 4.94. The van der Waals surface area contributed by atoms with E-state index >= 15 is 0 Å². The summed E-state index contributed by atoms with van der Waals surface area (Å²) in [7, 11) is 0. The summed E-state index contributed by atoms with van der Waals surface area (Å²) in [5.41, 5.74) is -0.267. The lowest BCUT2D eigenvalue weighted by Gasteiger charge is -2.24. The SMILES string of the molecule is CC(Nc1cc(Cl)ccc1[N+](=O)[O-])C(=O)NC(C)(C)C. The van der Waals surface area contributed by atoms with Crippen LogP contribution in [0.1, 0.15) is 27.7 Å². The standard InChI is InChI=1S/C13H18ClN3O3/c1-8(12(18)16-13(2,3)4)15-10-7-9(14)5-6-11(10)17(19)20/h5-8,15H,1-4H3,(H,16,18). The molecule has 0 bridgehead atoms. The Bertz CT molecular complexity index is 526. The summed E-state index contributed by atoms with van der Waals surface area (Å²) in [6, 6.07) is 3.55. The van der Waals surface area contributed by atoms with Crippen LogP contribution in [0.4, 0.5) is 11.4 Å². The number of nitrogens with one attached hydrogen (secondary N) is 2. The summed E-state index contributed by atoms with van der Waals surface area (Å²) in [6.45, 7) is 7.21. The van der Waals surface area contributed by atoms with Crippen LogP contribution in [-0.4, -0.2) is 22.4 Å². The van der Waals surface area contributed by atoms with Crippen molar-refractivity contribution in [3.63, 3.8) is 0 Å². The molecule has 0 radical (unpaired) electrons. The van der Waals surface area contributed by atoms with Crippen LogP contribution in [0.25, 0.3) is 0 Å². The van der Waals surface area contributed by atoms with Gasteiger partial charge in [0.15, 0.2) is 0 Å². The van der Waals surface area contributed by atoms with Crippen LogP contribution >= 0.6 is 11.6 Å². The van der Waals surface area contributed by atoms with Crippen molar-refractivity contribution in [3.05, 3.63) is 33.3 Å². The second-order valence-corrected chi connectivity index (χ2v) is 5.96. The smallest absolute Gasteiger partial charge is 0.292 e. The number of benzene rings is 1. The zero-order valence-electron chi connectivity index (χ0n) is 11.9. The summed E-state index contributed by atoms with van der Waals surface area (Å²) in [4.78, 5) is 22.4. The third kappa shape index (κ3) is 4.70. The van der Waals surface area contributed by atoms with Crippen LogP contribution in [0.15, 0.2) is 18.2 Å². The predicted octanol–water partition coefficient (Wildman–Crippen LogP) is 2.96. The van der Waals surface area contributed by atoms with Crippen LogP contribution in [0.3, 0.4) is 0 Å². The molecular formula is C13H18ClN3O3. The van der Waals surface area contributed by atoms with Crippen LogP contribution in [0.2, 0.25) is 5.02 Å². The normalized spacial score (nSPS) is 12.7. The summed E-state index contributed by atoms with van der Waals surface area (Å²) in [5.74, 6) is -0.244. The molecule has 1 unspecified atom stereocenters. The molecule has 1 aromatic carbocycles. The van der Waals surface area contributed by atoms with Gasteiger partial charge in [-0.15, -0.1) is 0 Å². The van der Waals surface area contributed by atoms with E-state index in [1.54, 1.807) is 6.92 Å². The van der Waals surface area contributed by atoms with Crippen LogP contribution in [0.5, 0.6) is 0 Å². The number of rotatable bonds is 4. The zero-order chi connectivity index (χ0) is 15.5. The van der Waals surface area contributed by atoms with Crippen molar-refractivity contribution in [1.29, 1.82) is 0 Å². The highest BCUT2D eigenvalue weighted by molar-refractivity contribution is 6.31. The molecule has 0 aliphatic rings. The van der Waals surface area contributed by atoms with Gasteiger partial charge in [-0.1, -0.05) is 11.6 Å². The summed E-state index contributed by atoms with van der Waals surface area (Å²) in [5, 5.41) is 16.9. The molecule has 0 aliphatic carbocycles. The van der Waals surface area contributed by atoms with Gasteiger partial charge in [0.25, 0.3) is 5.69 Å². The van der Waals surface area contributed by atoms with E-state index in [2.05, 4.69) is 10.6 Å². The van der Waals surface area contributed by atoms with Crippen molar-refractivity contribution >= 4 is 28.9 Å². The Morgan fingerprint density at radius 1 is 1.40 bits per heavy atom. The van der Waals surface area contributed by atoms with Gasteiger partial charge in [0, 0.05) is 16.6 Å². The summed E-state index contributed by atoms with van der Waals surface area (Å²) >= 11 is 5.83. The number of hydrogen-bond acceptors (Lipinski definition) is 4. The molecule has 0 heterocycles. The first-order chi connectivity index (χ1) is 9.10. The van der Waals surface area contributed by atoms with Gasteiger partial charge < -0.3 is 10.6 Å². The molecule has 0 spiro atoms. The van der Waals surface area contributed by atoms with Gasteiger partial charge in [-0.2, -0.15) is 0 Å². The van der Waals surface area contributed by atoms with Gasteiger partial charge >= 0.3 is 0 Å². The van der Waals surface area contributed by atoms with Crippen molar-refractivity contribution in [3.8, 4) is 0 Å². The minimum atomic E-state index is -0.619. The molecule has 20 heavy (non-hydrogen) atoms. The molecule has 1 atom stereocenters. The van der Waals surface area contributed by atoms with Crippen LogP contribution < -0.4 is 10.6 Å². The molecule has 0 aromatic heterocycles. The average Bonchev–Trinajstić information content (AvgIpc) is 2.26. The van der Waals surface area contributed by atoms with Gasteiger partial charge in [0.05, 0.1) is 4.92 Å². The topological polar surface area (TPSA) is 84.3 Å². The lowest BCUT2D eigenvalue weighted by Crippen LogP contribution is -2.47. The minimum Gasteiger partial charge on any atom is -0.368 e. The van der Waals surface area contributed by atoms with E-state index in [-0.39, 0.29) is 22.8 Å². The average molecular weight is 300 g/mol. The third-order valence-electron chi connectivity index (χ3n) is 2.42. The number of nitro groups is 1. The number of nitro benzene ring substituents is 1. The van der Waals surface area contributed by atoms with E-state index in [9.17, 15) is 14.9 Å². The molecule has 1 amide bonds. The number of carbonyl (C=O) groups excluding carboxylic acids is 1. The van der Waals surface area contributed by atoms with Gasteiger partial charge in [-0.25, -0.2) is 0 Å². The van der Waals surface area contributed by atoms with Gasteiger partial charge in [0.2, 0.25) is 5.91 Å². The Morgan fingerprint density at radius 3 is 2.50 bits per heavy atom. The lowest BCUT2D eigenvalue weighted by molar-refractivity contribution is -0.384. The number of carbonyl (C=O) groups is 1. The number of halogens is 1. The molecule has 7 heteroatoms. The van der Waals surface area contributed by atoms with E-state index in [1.165, 1.54) is 18.2 Å². The Labute approximate surface area is 122 Å². The maximum Gasteiger partial charge on any atom is 0.292 e. The predicted molar refractivity (Wildman–Crippen MR) is 79.1 cm³/mol. The maximum absolute atomic E-state index is 12.0. The molecule has 6 nitrogen and oxygen atoms in total. The van der Waals surface area contributed by atoms with Crippen LogP contribution in [-0.2, 0) is 4.79 Å². The van der Waals surface area contributed by atoms with Crippen molar-refractivity contribution in [2.75, 3.05) is 5.32 Å². The van der Waals surface area contributed by atoms with E-state index in [0.717, 1.165) is 0 Å². The Hall–Kier alpha value is -1.82. The lowest BCUT2D eigenvalue weighted by atomic mass is 10.1. The van der Waals surface area contributed by atoms with E-state index in [4.69, 9.17) is 11.6 Å². The van der Waals surface area contributed by atoms with Crippen LogP contribution in [0, 0.1) is 10.1 Å². The van der Waals surface area contributed by atoms with E-state index in [0.29, 0.717) is 5.02 Å². The largest absolute Gasteiger partial charge is 0.368 e. The maximum atomic E-state index is 12.0. The second-order valence-electron chi connectivity index (χ2n) is 5.52. The van der Waals surface area contributed by atoms with E-state index < -0.39 is 11.0 Å². The van der Waals surface area contributed by atoms with Gasteiger partial charge in [-0.05, 0) is 39.8 Å². The molecular weight excluding hydrogens is 282 g/mol. The molecule has 0 aliphatic heterocycles. The molecule has 0 fully saturated rings. The molecule has 0 saturated heterocycles. The fourth-order valence-corrected chi connectivity index (χ4v) is 1.73. The summed E-state index contributed by atoms with van der Waals surface area (Å²) < 4.78 is 0. The first kappa shape index (κ1) is 16.2. The Morgan fingerprint density at radius 2 is 2.00 bits per heavy atom. The quantitative estimate of drug-likeness (QED) is 0.661. The highest BCUT2D eigenvalue weighted by atomic mass is 35.5. The fraction of sp³-hybridized carbons (Fsp3) is 0.462. The van der Waals surface area contributed by atoms with Gasteiger partial charge in [-0.3, -0.25) is 14.9 Å². The molecule has 0 saturated carbocycles. The number of hydrogen-bond donors (Lipinski definition) is 2. The minimum absolute atomic E-state index is 0.121. The van der Waals surface area contributed by atoms with Crippen molar-refractivity contribution in [2.45, 2.75) is 39.3 Å². The zero-order valence-corrected chi connectivity index (χ0v) is 12.6. The van der Waals surface area contributed by atoms with Crippen molar-refractivity contribution < 1.29 is 9.72 Å². The monoisotopic (exact) mass is 299 g/mol. The van der Waals surface area contributed by atoms with Crippen molar-refractivity contribution in [1.82, 2.24) is 5.32 Å². The number of nitrogens with zero attached hydrogens (tertiary/aromatic N) is 1. The second kappa shape index (κ2) is 6.09. The molecule has 2 N–H and O–H groups in total. The number of amides is 1.